The van der Waals surface area contributed by atoms with E-state index in [-0.39, 0.29) is 23.4 Å². The van der Waals surface area contributed by atoms with Gasteiger partial charge in [-0.1, -0.05) is 123 Å². The Morgan fingerprint density at radius 3 is 1.98 bits per heavy atom. The summed E-state index contributed by atoms with van der Waals surface area (Å²) < 4.78 is 25.9. The van der Waals surface area contributed by atoms with Crippen molar-refractivity contribution in [3.05, 3.63) is 35.1 Å². The van der Waals surface area contributed by atoms with E-state index in [4.69, 9.17) is 18.9 Å². The third-order valence-electron chi connectivity index (χ3n) is 12.9. The molecule has 2 heterocycles. The van der Waals surface area contributed by atoms with Gasteiger partial charge in [0.15, 0.2) is 17.6 Å². The van der Waals surface area contributed by atoms with Gasteiger partial charge in [-0.15, -0.1) is 0 Å². The van der Waals surface area contributed by atoms with Crippen molar-refractivity contribution in [2.45, 2.75) is 185 Å². The number of likely N-dealkylation sites (N-methyl/N-ethyl adjacent to an activating group) is 1. The average molecular weight is 692 g/mol. The number of likely N-dealkylation sites (tertiary alicyclic amines) is 1. The number of carbonyl (C=O) groups excluding carboxylic acids is 2. The monoisotopic (exact) mass is 691 g/mol. The lowest BCUT2D eigenvalue weighted by Gasteiger charge is -2.57. The fourth-order valence-electron chi connectivity index (χ4n) is 10.9. The molecule has 0 amide bonds. The number of hydrogen-bond acceptors (Lipinski definition) is 7. The maximum Gasteiger partial charge on any atom is 0.310 e. The molecule has 278 valence electrons. The zero-order valence-electron chi connectivity index (χ0n) is 31.8. The van der Waals surface area contributed by atoms with Crippen molar-refractivity contribution >= 4 is 11.9 Å². The molecule has 0 N–H and O–H groups in total. The van der Waals surface area contributed by atoms with Crippen molar-refractivity contribution in [2.75, 3.05) is 20.7 Å². The number of carbonyl (C=O) groups is 2. The largest absolute Gasteiger partial charge is 0.493 e. The Hall–Kier alpha value is -2.54. The van der Waals surface area contributed by atoms with Crippen LogP contribution in [0.15, 0.2) is 24.0 Å². The molecule has 1 saturated heterocycles. The first-order chi connectivity index (χ1) is 24.4. The van der Waals surface area contributed by atoms with Crippen molar-refractivity contribution in [3.63, 3.8) is 0 Å². The van der Waals surface area contributed by atoms with Gasteiger partial charge >= 0.3 is 11.9 Å². The van der Waals surface area contributed by atoms with E-state index in [2.05, 4.69) is 31.9 Å². The van der Waals surface area contributed by atoms with Crippen LogP contribution in [-0.2, 0) is 30.9 Å². The molecule has 5 atom stereocenters. The quantitative estimate of drug-likeness (QED) is 0.0836. The molecule has 7 nitrogen and oxygen atoms in total. The SMILES string of the molecule is CCCCCCCCCCCC(=O)OC1=CC[C@@]2(OC(=O)CCCCCCCCCCC)[C@@H]3N(C)CC34Cc3ccc(OC)c5c3[C@@]2(C4)[C@H]1O5. The van der Waals surface area contributed by atoms with E-state index >= 15 is 0 Å². The van der Waals surface area contributed by atoms with Crippen LogP contribution >= 0.6 is 0 Å². The average Bonchev–Trinajstić information content (AvgIpc) is 3.52. The van der Waals surface area contributed by atoms with Crippen LogP contribution < -0.4 is 9.47 Å². The molecule has 1 unspecified atom stereocenters. The molecular weight excluding hydrogens is 626 g/mol. The third-order valence-corrected chi connectivity index (χ3v) is 12.9. The zero-order chi connectivity index (χ0) is 35.2. The number of benzene rings is 1. The molecule has 1 aromatic rings. The first kappa shape index (κ1) is 37.2. The van der Waals surface area contributed by atoms with E-state index in [1.165, 1.54) is 95.5 Å². The fourth-order valence-corrected chi connectivity index (χ4v) is 10.9. The van der Waals surface area contributed by atoms with Crippen LogP contribution in [-0.4, -0.2) is 55.3 Å². The molecule has 2 fully saturated rings. The Labute approximate surface area is 302 Å². The normalized spacial score (nSPS) is 28.3. The topological polar surface area (TPSA) is 74.3 Å². The summed E-state index contributed by atoms with van der Waals surface area (Å²) in [6, 6.07) is 4.28. The lowest BCUT2D eigenvalue weighted by Crippen LogP contribution is -2.71. The standard InChI is InChI=1S/C43H65NO6/c1-5-7-9-11-13-15-17-19-21-23-35(45)48-34-27-28-43(50-36(46)24-22-20-18-16-14-12-10-8-6-2)40-41(31-44(40)3)29-32-25-26-33(47-4)38-37(32)42(43,30-41)39(34)49-38/h25-27,39-40H,5-24,28-31H2,1-4H3/t39-,40+,41?,42-,43+/m0/s1. The maximum atomic E-state index is 13.9. The molecule has 2 bridgehead atoms. The smallest absolute Gasteiger partial charge is 0.310 e. The van der Waals surface area contributed by atoms with E-state index in [1.807, 2.05) is 12.1 Å². The van der Waals surface area contributed by atoms with E-state index < -0.39 is 17.1 Å². The summed E-state index contributed by atoms with van der Waals surface area (Å²) in [6.45, 7) is 5.46. The number of nitrogens with zero attached hydrogens (tertiary/aromatic N) is 1. The minimum atomic E-state index is -0.795. The highest BCUT2D eigenvalue weighted by Crippen LogP contribution is 2.76. The minimum Gasteiger partial charge on any atom is -0.493 e. The predicted octanol–water partition coefficient (Wildman–Crippen LogP) is 9.91. The molecular formula is C43H65NO6. The number of fused-ring (bicyclic) bond motifs is 1. The van der Waals surface area contributed by atoms with Crippen LogP contribution in [0, 0.1) is 5.41 Å². The number of hydrogen-bond donors (Lipinski definition) is 0. The fraction of sp³-hybridized carbons (Fsp3) is 0.767. The van der Waals surface area contributed by atoms with Crippen molar-refractivity contribution in [3.8, 4) is 11.5 Å². The second kappa shape index (κ2) is 16.4. The number of esters is 2. The van der Waals surface area contributed by atoms with Gasteiger partial charge in [0.2, 0.25) is 0 Å². The van der Waals surface area contributed by atoms with E-state index in [9.17, 15) is 9.59 Å². The summed E-state index contributed by atoms with van der Waals surface area (Å²) in [5, 5.41) is 0. The second-order valence-corrected chi connectivity index (χ2v) is 16.4. The van der Waals surface area contributed by atoms with Crippen molar-refractivity contribution in [2.24, 2.45) is 5.41 Å². The van der Waals surface area contributed by atoms with Crippen LogP contribution in [0.3, 0.4) is 0 Å². The highest BCUT2D eigenvalue weighted by molar-refractivity contribution is 5.74. The van der Waals surface area contributed by atoms with Gasteiger partial charge in [0.05, 0.1) is 18.6 Å². The van der Waals surface area contributed by atoms with Gasteiger partial charge in [0.1, 0.15) is 11.4 Å². The number of rotatable bonds is 23. The number of unbranched alkanes of at least 4 members (excludes halogenated alkanes) is 16. The molecule has 0 radical (unpaired) electrons. The Morgan fingerprint density at radius 2 is 1.40 bits per heavy atom. The zero-order valence-corrected chi connectivity index (χ0v) is 31.8. The Bertz CT molecular complexity index is 1370. The molecule has 2 spiro atoms. The van der Waals surface area contributed by atoms with Gasteiger partial charge in [-0.2, -0.15) is 0 Å². The summed E-state index contributed by atoms with van der Waals surface area (Å²) >= 11 is 0. The highest BCUT2D eigenvalue weighted by atomic mass is 16.6. The maximum absolute atomic E-state index is 13.9. The van der Waals surface area contributed by atoms with E-state index in [0.29, 0.717) is 30.8 Å². The summed E-state index contributed by atoms with van der Waals surface area (Å²) in [4.78, 5) is 29.6. The Morgan fingerprint density at radius 1 is 0.820 bits per heavy atom. The first-order valence-electron chi connectivity index (χ1n) is 20.6. The number of ether oxygens (including phenoxy) is 4. The molecule has 2 aliphatic heterocycles. The van der Waals surface area contributed by atoms with Gasteiger partial charge in [-0.25, -0.2) is 0 Å². The van der Waals surface area contributed by atoms with Crippen molar-refractivity contribution in [1.29, 1.82) is 0 Å². The van der Waals surface area contributed by atoms with Crippen molar-refractivity contribution in [1.82, 2.24) is 4.90 Å². The van der Waals surface area contributed by atoms with Crippen LogP contribution in [0.2, 0.25) is 0 Å². The molecule has 1 saturated carbocycles. The van der Waals surface area contributed by atoms with Gasteiger partial charge in [-0.3, -0.25) is 14.5 Å². The number of methoxy groups -OCH3 is 1. The molecule has 0 aromatic heterocycles. The summed E-state index contributed by atoms with van der Waals surface area (Å²) in [7, 11) is 3.85. The van der Waals surface area contributed by atoms with Crippen LogP contribution in [0.4, 0.5) is 0 Å². The molecule has 50 heavy (non-hydrogen) atoms. The third kappa shape index (κ3) is 6.86. The Kier molecular flexibility index (Phi) is 12.2. The summed E-state index contributed by atoms with van der Waals surface area (Å²) in [5.74, 6) is 1.70. The predicted molar refractivity (Wildman–Crippen MR) is 198 cm³/mol. The molecule has 3 aliphatic carbocycles. The lowest BCUT2D eigenvalue weighted by molar-refractivity contribution is -0.193. The van der Waals surface area contributed by atoms with Crippen LogP contribution in [0.5, 0.6) is 11.5 Å². The minimum absolute atomic E-state index is 0.0124. The summed E-state index contributed by atoms with van der Waals surface area (Å²) in [6.07, 6.45) is 26.3. The Balaban J connectivity index is 1.16. The lowest BCUT2D eigenvalue weighted by atomic mass is 9.59. The summed E-state index contributed by atoms with van der Waals surface area (Å²) in [5.41, 5.74) is 0.938. The molecule has 6 rings (SSSR count). The van der Waals surface area contributed by atoms with E-state index in [1.54, 1.807) is 7.11 Å². The van der Waals surface area contributed by atoms with Gasteiger partial charge < -0.3 is 18.9 Å². The first-order valence-corrected chi connectivity index (χ1v) is 20.6. The van der Waals surface area contributed by atoms with Gasteiger partial charge in [0.25, 0.3) is 0 Å². The van der Waals surface area contributed by atoms with E-state index in [0.717, 1.165) is 56.4 Å². The van der Waals surface area contributed by atoms with Gasteiger partial charge in [-0.05, 0) is 50.4 Å². The highest BCUT2D eigenvalue weighted by Gasteiger charge is 2.84. The molecule has 1 aromatic carbocycles. The van der Waals surface area contributed by atoms with Gasteiger partial charge in [0, 0.05) is 36.8 Å². The van der Waals surface area contributed by atoms with Crippen LogP contribution in [0.1, 0.15) is 166 Å². The molecule has 7 heteroatoms. The van der Waals surface area contributed by atoms with Crippen LogP contribution in [0.25, 0.3) is 0 Å². The second-order valence-electron chi connectivity index (χ2n) is 16.4. The molecule has 5 aliphatic rings. The van der Waals surface area contributed by atoms with Crippen molar-refractivity contribution < 1.29 is 28.5 Å².